The first kappa shape index (κ1) is 19.1. The predicted molar refractivity (Wildman–Crippen MR) is 103 cm³/mol. The first-order chi connectivity index (χ1) is 12.4. The van der Waals surface area contributed by atoms with Crippen LogP contribution in [0.4, 0.5) is 0 Å². The Hall–Kier alpha value is -1.63. The summed E-state index contributed by atoms with van der Waals surface area (Å²) in [5.41, 5.74) is 1.86. The number of ether oxygens (including phenoxy) is 1. The molecular weight excluding hydrogens is 372 g/mol. The number of piperidine rings is 1. The highest BCUT2D eigenvalue weighted by molar-refractivity contribution is 7.90. The second-order valence-electron chi connectivity index (χ2n) is 6.71. The number of hydrogen-bond acceptors (Lipinski definition) is 5. The first-order valence-corrected chi connectivity index (χ1v) is 10.8. The summed E-state index contributed by atoms with van der Waals surface area (Å²) in [4.78, 5) is 6.99. The number of benzene rings is 1. The van der Waals surface area contributed by atoms with E-state index in [1.807, 2.05) is 12.1 Å². The second-order valence-corrected chi connectivity index (χ2v) is 9.13. The fourth-order valence-electron chi connectivity index (χ4n) is 3.43. The summed E-state index contributed by atoms with van der Waals surface area (Å²) in [6, 6.07) is 9.60. The molecule has 1 aromatic heterocycles. The first-order valence-electron chi connectivity index (χ1n) is 8.57. The molecule has 1 aromatic carbocycles. The Morgan fingerprint density at radius 1 is 1.27 bits per heavy atom. The van der Waals surface area contributed by atoms with Crippen LogP contribution < -0.4 is 4.74 Å². The Labute approximate surface area is 159 Å². The molecule has 0 spiro atoms. The van der Waals surface area contributed by atoms with E-state index in [0.29, 0.717) is 10.7 Å². The molecule has 140 valence electrons. The maximum Gasteiger partial charge on any atom is 0.177 e. The van der Waals surface area contributed by atoms with E-state index in [1.165, 1.54) is 24.1 Å². The third kappa shape index (κ3) is 4.55. The average Bonchev–Trinajstić information content (AvgIpc) is 2.62. The Kier molecular flexibility index (Phi) is 5.85. The molecule has 0 amide bonds. The minimum absolute atomic E-state index is 0.138. The molecule has 5 nitrogen and oxygen atoms in total. The van der Waals surface area contributed by atoms with Crippen molar-refractivity contribution in [2.45, 2.75) is 30.2 Å². The highest BCUT2D eigenvalue weighted by Crippen LogP contribution is 2.32. The SMILES string of the molecule is COc1cccc(CN2CCC(c3ncc(Cl)cc3S(C)(=O)=O)CC2)c1. The third-order valence-corrected chi connectivity index (χ3v) is 6.10. The van der Waals surface area contributed by atoms with Crippen molar-refractivity contribution in [3.63, 3.8) is 0 Å². The number of aromatic nitrogens is 1. The molecule has 1 fully saturated rings. The zero-order chi connectivity index (χ0) is 18.7. The van der Waals surface area contributed by atoms with E-state index in [4.69, 9.17) is 16.3 Å². The predicted octanol–water partition coefficient (Wildman–Crippen LogP) is 3.53. The Morgan fingerprint density at radius 3 is 2.65 bits per heavy atom. The maximum absolute atomic E-state index is 12.1. The summed E-state index contributed by atoms with van der Waals surface area (Å²) in [6.07, 6.45) is 4.50. The topological polar surface area (TPSA) is 59.5 Å². The van der Waals surface area contributed by atoms with Gasteiger partial charge in [-0.15, -0.1) is 0 Å². The lowest BCUT2D eigenvalue weighted by molar-refractivity contribution is 0.202. The highest BCUT2D eigenvalue weighted by Gasteiger charge is 2.27. The molecule has 0 N–H and O–H groups in total. The minimum atomic E-state index is -3.35. The normalized spacial score (nSPS) is 16.6. The van der Waals surface area contributed by atoms with Gasteiger partial charge in [-0.05, 0) is 49.7 Å². The van der Waals surface area contributed by atoms with E-state index in [2.05, 4.69) is 22.0 Å². The van der Waals surface area contributed by atoms with E-state index in [0.717, 1.165) is 38.2 Å². The van der Waals surface area contributed by atoms with Crippen LogP contribution >= 0.6 is 11.6 Å². The summed E-state index contributed by atoms with van der Waals surface area (Å²) in [7, 11) is -1.68. The van der Waals surface area contributed by atoms with Gasteiger partial charge in [0.25, 0.3) is 0 Å². The Morgan fingerprint density at radius 2 is 2.00 bits per heavy atom. The number of halogens is 1. The molecule has 26 heavy (non-hydrogen) atoms. The van der Waals surface area contributed by atoms with Crippen LogP contribution in [0.1, 0.15) is 30.0 Å². The molecule has 0 aliphatic carbocycles. The maximum atomic E-state index is 12.1. The van der Waals surface area contributed by atoms with Crippen LogP contribution in [0.2, 0.25) is 5.02 Å². The van der Waals surface area contributed by atoms with Crippen LogP contribution in [0.5, 0.6) is 5.75 Å². The largest absolute Gasteiger partial charge is 0.497 e. The molecule has 1 aliphatic heterocycles. The van der Waals surface area contributed by atoms with E-state index in [1.54, 1.807) is 7.11 Å². The number of nitrogens with zero attached hydrogens (tertiary/aromatic N) is 2. The second kappa shape index (κ2) is 7.94. The lowest BCUT2D eigenvalue weighted by Crippen LogP contribution is -2.33. The third-order valence-electron chi connectivity index (χ3n) is 4.76. The molecule has 3 rings (SSSR count). The molecule has 0 unspecified atom stereocenters. The number of rotatable bonds is 5. The van der Waals surface area contributed by atoms with Gasteiger partial charge in [-0.25, -0.2) is 8.42 Å². The Balaban J connectivity index is 1.69. The van der Waals surface area contributed by atoms with Gasteiger partial charge in [-0.2, -0.15) is 0 Å². The van der Waals surface area contributed by atoms with Crippen LogP contribution in [0.15, 0.2) is 41.4 Å². The summed E-state index contributed by atoms with van der Waals surface area (Å²) < 4.78 is 29.5. The van der Waals surface area contributed by atoms with E-state index in [9.17, 15) is 8.42 Å². The summed E-state index contributed by atoms with van der Waals surface area (Å²) in [5, 5.41) is 0.352. The smallest absolute Gasteiger partial charge is 0.177 e. The van der Waals surface area contributed by atoms with Gasteiger partial charge in [0.1, 0.15) is 5.75 Å². The molecule has 0 atom stereocenters. The summed E-state index contributed by atoms with van der Waals surface area (Å²) in [6.45, 7) is 2.65. The molecule has 0 radical (unpaired) electrons. The van der Waals surface area contributed by atoms with E-state index < -0.39 is 9.84 Å². The molecule has 1 saturated heterocycles. The molecular formula is C19H23ClN2O3S. The fourth-order valence-corrected chi connectivity index (χ4v) is 4.59. The van der Waals surface area contributed by atoms with Gasteiger partial charge in [-0.3, -0.25) is 9.88 Å². The van der Waals surface area contributed by atoms with Crippen molar-refractivity contribution in [3.05, 3.63) is 52.8 Å². The minimum Gasteiger partial charge on any atom is -0.497 e. The molecule has 0 saturated carbocycles. The average molecular weight is 395 g/mol. The fraction of sp³-hybridized carbons (Fsp3) is 0.421. The van der Waals surface area contributed by atoms with E-state index >= 15 is 0 Å². The van der Waals surface area contributed by atoms with Crippen LogP contribution in [0, 0.1) is 0 Å². The monoisotopic (exact) mass is 394 g/mol. The van der Waals surface area contributed by atoms with Crippen molar-refractivity contribution in [1.29, 1.82) is 0 Å². The van der Waals surface area contributed by atoms with Gasteiger partial charge in [0.2, 0.25) is 0 Å². The van der Waals surface area contributed by atoms with Gasteiger partial charge in [0, 0.05) is 24.9 Å². The van der Waals surface area contributed by atoms with Crippen molar-refractivity contribution in [3.8, 4) is 5.75 Å². The van der Waals surface area contributed by atoms with Crippen molar-refractivity contribution in [2.75, 3.05) is 26.5 Å². The molecule has 7 heteroatoms. The van der Waals surface area contributed by atoms with Gasteiger partial charge in [0.15, 0.2) is 9.84 Å². The van der Waals surface area contributed by atoms with Crippen LogP contribution in [0.25, 0.3) is 0 Å². The van der Waals surface area contributed by atoms with Crippen molar-refractivity contribution in [2.24, 2.45) is 0 Å². The Bertz CT molecular complexity index is 878. The lowest BCUT2D eigenvalue weighted by Gasteiger charge is -2.32. The van der Waals surface area contributed by atoms with Crippen LogP contribution in [0.3, 0.4) is 0 Å². The summed E-state index contributed by atoms with van der Waals surface area (Å²) in [5.74, 6) is 0.999. The molecule has 0 bridgehead atoms. The van der Waals surface area contributed by atoms with Gasteiger partial charge in [0.05, 0.1) is 22.7 Å². The van der Waals surface area contributed by atoms with Gasteiger partial charge < -0.3 is 4.74 Å². The lowest BCUT2D eigenvalue weighted by atomic mass is 9.92. The van der Waals surface area contributed by atoms with E-state index in [-0.39, 0.29) is 10.8 Å². The quantitative estimate of drug-likeness (QED) is 0.776. The van der Waals surface area contributed by atoms with Gasteiger partial charge in [-0.1, -0.05) is 23.7 Å². The number of sulfone groups is 1. The molecule has 2 aromatic rings. The number of pyridine rings is 1. The van der Waals surface area contributed by atoms with Crippen molar-refractivity contribution < 1.29 is 13.2 Å². The van der Waals surface area contributed by atoms with Crippen LogP contribution in [-0.4, -0.2) is 44.8 Å². The van der Waals surface area contributed by atoms with Crippen LogP contribution in [-0.2, 0) is 16.4 Å². The highest BCUT2D eigenvalue weighted by atomic mass is 35.5. The van der Waals surface area contributed by atoms with Crippen molar-refractivity contribution in [1.82, 2.24) is 9.88 Å². The molecule has 2 heterocycles. The zero-order valence-electron chi connectivity index (χ0n) is 15.0. The molecule has 1 aliphatic rings. The summed E-state index contributed by atoms with van der Waals surface area (Å²) >= 11 is 5.95. The number of methoxy groups -OCH3 is 1. The van der Waals surface area contributed by atoms with Crippen molar-refractivity contribution >= 4 is 21.4 Å². The van der Waals surface area contributed by atoms with Gasteiger partial charge >= 0.3 is 0 Å². The number of likely N-dealkylation sites (tertiary alicyclic amines) is 1. The number of hydrogen-bond donors (Lipinski definition) is 0. The standard InChI is InChI=1S/C19H23ClN2O3S/c1-25-17-5-3-4-14(10-17)13-22-8-6-15(7-9-22)19-18(26(2,23)24)11-16(20)12-21-19/h3-5,10-12,15H,6-9,13H2,1-2H3. The zero-order valence-corrected chi connectivity index (χ0v) is 16.6.